The van der Waals surface area contributed by atoms with E-state index in [1.807, 2.05) is 0 Å². The first-order valence-electron chi connectivity index (χ1n) is 6.22. The summed E-state index contributed by atoms with van der Waals surface area (Å²) in [5, 5.41) is 0. The van der Waals surface area contributed by atoms with Crippen LogP contribution in [-0.2, 0) is 6.42 Å². The molecule has 0 aromatic heterocycles. The molecule has 0 saturated carbocycles. The Kier molecular flexibility index (Phi) is 4.87. The summed E-state index contributed by atoms with van der Waals surface area (Å²) in [7, 11) is 0. The maximum Gasteiger partial charge on any atom is -0.0219 e. The van der Waals surface area contributed by atoms with E-state index in [4.69, 9.17) is 0 Å². The number of rotatable bonds is 5. The molecule has 0 bridgehead atoms. The summed E-state index contributed by atoms with van der Waals surface area (Å²) < 4.78 is 0. The Bertz CT molecular complexity index is 286. The highest BCUT2D eigenvalue weighted by molar-refractivity contribution is 5.25. The fourth-order valence-corrected chi connectivity index (χ4v) is 1.72. The summed E-state index contributed by atoms with van der Waals surface area (Å²) in [5.41, 5.74) is 2.97. The molecule has 1 aromatic rings. The molecule has 0 nitrogen and oxygen atoms in total. The molecule has 84 valence electrons. The molecule has 0 fully saturated rings. The predicted octanol–water partition coefficient (Wildman–Crippen LogP) is 4.79. The third-order valence-electron chi connectivity index (χ3n) is 3.24. The zero-order valence-electron chi connectivity index (χ0n) is 10.6. The summed E-state index contributed by atoms with van der Waals surface area (Å²) in [6, 6.07) is 9.06. The zero-order valence-corrected chi connectivity index (χ0v) is 10.6. The highest BCUT2D eigenvalue weighted by Gasteiger charge is 2.02. The van der Waals surface area contributed by atoms with Crippen LogP contribution in [-0.4, -0.2) is 0 Å². The van der Waals surface area contributed by atoms with Crippen LogP contribution in [0.3, 0.4) is 0 Å². The fourth-order valence-electron chi connectivity index (χ4n) is 1.72. The van der Waals surface area contributed by atoms with Crippen LogP contribution in [0.1, 0.15) is 57.6 Å². The predicted molar refractivity (Wildman–Crippen MR) is 68.3 cm³/mol. The monoisotopic (exact) mass is 204 g/mol. The van der Waals surface area contributed by atoms with Crippen LogP contribution in [0.2, 0.25) is 0 Å². The highest BCUT2D eigenvalue weighted by Crippen LogP contribution is 2.18. The minimum absolute atomic E-state index is 0.647. The van der Waals surface area contributed by atoms with Crippen molar-refractivity contribution < 1.29 is 0 Å². The van der Waals surface area contributed by atoms with Crippen molar-refractivity contribution in [2.45, 2.75) is 52.9 Å². The molecular weight excluding hydrogens is 180 g/mol. The van der Waals surface area contributed by atoms with Gasteiger partial charge in [-0.3, -0.25) is 0 Å². The molecule has 0 radical (unpaired) electrons. The van der Waals surface area contributed by atoms with E-state index in [9.17, 15) is 0 Å². The van der Waals surface area contributed by atoms with Gasteiger partial charge in [-0.15, -0.1) is 0 Å². The minimum atomic E-state index is 0.647. The smallest absolute Gasteiger partial charge is 0.0219 e. The standard InChI is InChI=1S/C15H24/c1-5-13(4)9-10-14-7-6-8-15(11-14)12(2)3/h6-8,11-13H,5,9-10H2,1-4H3. The van der Waals surface area contributed by atoms with Gasteiger partial charge >= 0.3 is 0 Å². The van der Waals surface area contributed by atoms with Crippen LogP contribution in [0, 0.1) is 5.92 Å². The molecule has 0 saturated heterocycles. The van der Waals surface area contributed by atoms with Crippen molar-refractivity contribution in [2.24, 2.45) is 5.92 Å². The molecule has 15 heavy (non-hydrogen) atoms. The van der Waals surface area contributed by atoms with E-state index in [1.54, 1.807) is 0 Å². The Morgan fingerprint density at radius 2 is 1.87 bits per heavy atom. The summed E-state index contributed by atoms with van der Waals surface area (Å²) in [4.78, 5) is 0. The molecule has 0 N–H and O–H groups in total. The molecule has 0 aliphatic heterocycles. The zero-order chi connectivity index (χ0) is 11.3. The molecule has 0 spiro atoms. The molecule has 0 aliphatic rings. The third-order valence-corrected chi connectivity index (χ3v) is 3.24. The second-order valence-electron chi connectivity index (χ2n) is 4.95. The molecule has 0 aliphatic carbocycles. The van der Waals surface area contributed by atoms with E-state index < -0.39 is 0 Å². The molecule has 1 rings (SSSR count). The van der Waals surface area contributed by atoms with Crippen LogP contribution in [0.4, 0.5) is 0 Å². The first-order valence-corrected chi connectivity index (χ1v) is 6.22. The number of hydrogen-bond acceptors (Lipinski definition) is 0. The van der Waals surface area contributed by atoms with Gasteiger partial charge in [0.2, 0.25) is 0 Å². The Labute approximate surface area is 94.7 Å². The minimum Gasteiger partial charge on any atom is -0.0651 e. The summed E-state index contributed by atoms with van der Waals surface area (Å²) in [6.45, 7) is 9.13. The quantitative estimate of drug-likeness (QED) is 0.647. The van der Waals surface area contributed by atoms with Crippen LogP contribution < -0.4 is 0 Å². The van der Waals surface area contributed by atoms with Gasteiger partial charge in [0, 0.05) is 0 Å². The highest BCUT2D eigenvalue weighted by atomic mass is 14.1. The largest absolute Gasteiger partial charge is 0.0651 e. The molecular formula is C15H24. The number of hydrogen-bond donors (Lipinski definition) is 0. The Morgan fingerprint density at radius 1 is 1.13 bits per heavy atom. The van der Waals surface area contributed by atoms with Crippen LogP contribution in [0.5, 0.6) is 0 Å². The van der Waals surface area contributed by atoms with Gasteiger partial charge in [-0.05, 0) is 35.8 Å². The number of aryl methyl sites for hydroxylation is 1. The van der Waals surface area contributed by atoms with E-state index in [2.05, 4.69) is 52.0 Å². The lowest BCUT2D eigenvalue weighted by Crippen LogP contribution is -1.96. The third kappa shape index (κ3) is 4.07. The van der Waals surface area contributed by atoms with Crippen molar-refractivity contribution in [3.05, 3.63) is 35.4 Å². The molecule has 1 atom stereocenters. The van der Waals surface area contributed by atoms with Gasteiger partial charge in [0.1, 0.15) is 0 Å². The van der Waals surface area contributed by atoms with Crippen molar-refractivity contribution in [3.63, 3.8) is 0 Å². The topological polar surface area (TPSA) is 0 Å². The SMILES string of the molecule is CCC(C)CCc1cccc(C(C)C)c1. The van der Waals surface area contributed by atoms with Crippen molar-refractivity contribution in [1.82, 2.24) is 0 Å². The van der Waals surface area contributed by atoms with Crippen molar-refractivity contribution in [3.8, 4) is 0 Å². The molecule has 1 unspecified atom stereocenters. The van der Waals surface area contributed by atoms with Gasteiger partial charge < -0.3 is 0 Å². The van der Waals surface area contributed by atoms with Gasteiger partial charge in [-0.2, -0.15) is 0 Å². The van der Waals surface area contributed by atoms with Gasteiger partial charge in [-0.1, -0.05) is 58.4 Å². The summed E-state index contributed by atoms with van der Waals surface area (Å²) in [6.07, 6.45) is 3.84. The number of benzene rings is 1. The second kappa shape index (κ2) is 5.95. The second-order valence-corrected chi connectivity index (χ2v) is 4.95. The normalized spacial score (nSPS) is 13.1. The van der Waals surface area contributed by atoms with Crippen molar-refractivity contribution in [1.29, 1.82) is 0 Å². The maximum atomic E-state index is 2.37. The average molecular weight is 204 g/mol. The first kappa shape index (κ1) is 12.3. The van der Waals surface area contributed by atoms with Gasteiger partial charge in [0.05, 0.1) is 0 Å². The molecule has 0 heteroatoms. The first-order chi connectivity index (χ1) is 7.13. The van der Waals surface area contributed by atoms with E-state index in [0.717, 1.165) is 5.92 Å². The maximum absolute atomic E-state index is 2.37. The van der Waals surface area contributed by atoms with Crippen LogP contribution in [0.15, 0.2) is 24.3 Å². The Balaban J connectivity index is 2.58. The van der Waals surface area contributed by atoms with Gasteiger partial charge in [0.15, 0.2) is 0 Å². The molecule has 0 heterocycles. The van der Waals surface area contributed by atoms with Crippen LogP contribution in [0.25, 0.3) is 0 Å². The summed E-state index contributed by atoms with van der Waals surface area (Å²) in [5.74, 6) is 1.50. The van der Waals surface area contributed by atoms with E-state index >= 15 is 0 Å². The molecule has 0 amide bonds. The van der Waals surface area contributed by atoms with Crippen LogP contribution >= 0.6 is 0 Å². The van der Waals surface area contributed by atoms with Gasteiger partial charge in [0.25, 0.3) is 0 Å². The Hall–Kier alpha value is -0.780. The molecule has 1 aromatic carbocycles. The Morgan fingerprint density at radius 3 is 2.47 bits per heavy atom. The lowest BCUT2D eigenvalue weighted by molar-refractivity contribution is 0.516. The average Bonchev–Trinajstić information content (AvgIpc) is 2.26. The fraction of sp³-hybridized carbons (Fsp3) is 0.600. The lowest BCUT2D eigenvalue weighted by Gasteiger charge is -2.10. The van der Waals surface area contributed by atoms with E-state index in [0.29, 0.717) is 5.92 Å². The van der Waals surface area contributed by atoms with Crippen molar-refractivity contribution >= 4 is 0 Å². The van der Waals surface area contributed by atoms with Gasteiger partial charge in [-0.25, -0.2) is 0 Å². The lowest BCUT2D eigenvalue weighted by atomic mass is 9.95. The summed E-state index contributed by atoms with van der Waals surface area (Å²) >= 11 is 0. The van der Waals surface area contributed by atoms with E-state index in [1.165, 1.54) is 30.4 Å². The van der Waals surface area contributed by atoms with E-state index in [-0.39, 0.29) is 0 Å². The van der Waals surface area contributed by atoms with Crippen molar-refractivity contribution in [2.75, 3.05) is 0 Å².